The fourth-order valence-electron chi connectivity index (χ4n) is 6.83. The molecular weight excluding hydrogens is 641 g/mol. The van der Waals surface area contributed by atoms with Gasteiger partial charge >= 0.3 is 6.03 Å². The third-order valence-electron chi connectivity index (χ3n) is 9.31. The monoisotopic (exact) mass is 680 g/mol. The second-order valence-corrected chi connectivity index (χ2v) is 14.3. The number of aliphatic hydroxyl groups is 1. The van der Waals surface area contributed by atoms with Crippen molar-refractivity contribution in [2.24, 2.45) is 0 Å². The Labute approximate surface area is 286 Å². The van der Waals surface area contributed by atoms with Gasteiger partial charge < -0.3 is 25.5 Å². The van der Waals surface area contributed by atoms with Crippen molar-refractivity contribution in [2.75, 3.05) is 66.3 Å². The van der Waals surface area contributed by atoms with Crippen LogP contribution in [0.5, 0.6) is 0 Å². The number of anilines is 4. The minimum absolute atomic E-state index is 0.00471. The Balaban J connectivity index is 1.12. The highest BCUT2D eigenvalue weighted by Gasteiger charge is 2.31. The molecule has 2 aliphatic heterocycles. The van der Waals surface area contributed by atoms with Gasteiger partial charge in [-0.05, 0) is 67.8 Å². The normalized spacial score (nSPS) is 17.1. The number of benzene rings is 3. The van der Waals surface area contributed by atoms with E-state index in [1.54, 1.807) is 30.3 Å². The molecule has 2 aliphatic rings. The number of para-hydroxylation sites is 2. The van der Waals surface area contributed by atoms with Crippen LogP contribution in [0.1, 0.15) is 30.0 Å². The lowest BCUT2D eigenvalue weighted by molar-refractivity contribution is 0.137. The first kappa shape index (κ1) is 32.6. The van der Waals surface area contributed by atoms with Gasteiger partial charge in [0.1, 0.15) is 12.1 Å². The van der Waals surface area contributed by atoms with Crippen LogP contribution in [0.15, 0.2) is 96.3 Å². The molecule has 5 aromatic rings. The van der Waals surface area contributed by atoms with Crippen molar-refractivity contribution in [3.8, 4) is 0 Å². The smallest absolute Gasteiger partial charge is 0.323 e. The number of nitrogens with one attached hydrogen (secondary N) is 2. The molecule has 0 bridgehead atoms. The summed E-state index contributed by atoms with van der Waals surface area (Å²) >= 11 is 0. The number of hydrogen-bond donors (Lipinski definition) is 3. The molecule has 0 saturated carbocycles. The molecule has 254 valence electrons. The maximum Gasteiger partial charge on any atom is 0.323 e. The van der Waals surface area contributed by atoms with Gasteiger partial charge in [0.15, 0.2) is 5.65 Å². The summed E-state index contributed by atoms with van der Waals surface area (Å²) in [4.78, 5) is 29.0. The third-order valence-corrected chi connectivity index (χ3v) is 11.0. The summed E-state index contributed by atoms with van der Waals surface area (Å²) in [6, 6.07) is 23.7. The van der Waals surface area contributed by atoms with Gasteiger partial charge in [0.25, 0.3) is 10.0 Å². The fraction of sp³-hybridized carbons (Fsp3) is 0.306. The van der Waals surface area contributed by atoms with Crippen LogP contribution in [0, 0.1) is 6.92 Å². The van der Waals surface area contributed by atoms with Gasteiger partial charge in [0.05, 0.1) is 34.3 Å². The first-order valence-electron chi connectivity index (χ1n) is 16.6. The molecule has 2 saturated heterocycles. The number of hydrogen-bond acceptors (Lipinski definition) is 9. The first-order chi connectivity index (χ1) is 23.8. The molecule has 0 spiro atoms. The summed E-state index contributed by atoms with van der Waals surface area (Å²) in [5.41, 5.74) is 4.69. The maximum absolute atomic E-state index is 13.6. The van der Waals surface area contributed by atoms with E-state index in [1.807, 2.05) is 55.5 Å². The van der Waals surface area contributed by atoms with E-state index in [2.05, 4.69) is 35.3 Å². The van der Waals surface area contributed by atoms with Crippen molar-refractivity contribution < 1.29 is 18.3 Å². The average molecular weight is 681 g/mol. The van der Waals surface area contributed by atoms with Gasteiger partial charge in [0.2, 0.25) is 0 Å². The van der Waals surface area contributed by atoms with E-state index in [0.29, 0.717) is 48.7 Å². The van der Waals surface area contributed by atoms with Crippen molar-refractivity contribution >= 4 is 50.0 Å². The molecule has 4 heterocycles. The summed E-state index contributed by atoms with van der Waals surface area (Å²) in [5, 5.41) is 16.6. The summed E-state index contributed by atoms with van der Waals surface area (Å²) in [6.07, 6.45) is 5.22. The van der Waals surface area contributed by atoms with Crippen LogP contribution >= 0.6 is 0 Å². The van der Waals surface area contributed by atoms with E-state index in [0.717, 1.165) is 48.4 Å². The van der Waals surface area contributed by atoms with Crippen LogP contribution in [-0.4, -0.2) is 84.3 Å². The van der Waals surface area contributed by atoms with Crippen LogP contribution < -0.4 is 20.4 Å². The molecule has 2 aromatic heterocycles. The van der Waals surface area contributed by atoms with Crippen LogP contribution in [0.4, 0.5) is 27.7 Å². The summed E-state index contributed by atoms with van der Waals surface area (Å²) in [5.74, 6) is 0.641. The average Bonchev–Trinajstić information content (AvgIpc) is 3.81. The lowest BCUT2D eigenvalue weighted by Gasteiger charge is -2.42. The van der Waals surface area contributed by atoms with Gasteiger partial charge in [-0.25, -0.2) is 27.2 Å². The molecule has 2 amide bonds. The minimum atomic E-state index is -3.87. The second-order valence-electron chi connectivity index (χ2n) is 12.5. The van der Waals surface area contributed by atoms with Crippen molar-refractivity contribution in [1.82, 2.24) is 18.8 Å². The van der Waals surface area contributed by atoms with E-state index in [4.69, 9.17) is 0 Å². The molecule has 12 nitrogen and oxygen atoms in total. The highest BCUT2D eigenvalue weighted by Crippen LogP contribution is 2.33. The zero-order valence-electron chi connectivity index (χ0n) is 27.4. The van der Waals surface area contributed by atoms with Crippen LogP contribution in [0.25, 0.3) is 11.0 Å². The first-order valence-corrected chi connectivity index (χ1v) is 18.0. The lowest BCUT2D eigenvalue weighted by atomic mass is 10.0. The van der Waals surface area contributed by atoms with Crippen molar-refractivity contribution in [3.05, 3.63) is 103 Å². The number of piperazine rings is 1. The third kappa shape index (κ3) is 6.69. The molecule has 3 N–H and O–H groups in total. The number of aryl methyl sites for hydroxylation is 1. The van der Waals surface area contributed by atoms with E-state index >= 15 is 0 Å². The zero-order chi connectivity index (χ0) is 34.0. The summed E-state index contributed by atoms with van der Waals surface area (Å²) in [6.45, 7) is 6.14. The van der Waals surface area contributed by atoms with Crippen molar-refractivity contribution in [1.29, 1.82) is 0 Å². The number of fused-ring (bicyclic) bond motifs is 1. The standard InChI is InChI=1S/C36H40N8O4S/c1-26-11-13-29(14-12-26)49(47,48)44-18-15-30-34(37-25-38-35(30)44)43-20-19-42(21-22-45)33(24-43)27-7-6-8-28(23-27)39-36(46)40-31-9-2-3-10-32(31)41-16-4-5-17-41/h2-3,6-15,18,23,25,33,45H,4-5,16-17,19-22,24H2,1H3,(H2,39,40,46). The Bertz CT molecular complexity index is 2060. The number of aromatic nitrogens is 3. The lowest BCUT2D eigenvalue weighted by Crippen LogP contribution is -2.49. The molecular formula is C36H40N8O4S. The summed E-state index contributed by atoms with van der Waals surface area (Å²) in [7, 11) is -3.87. The Morgan fingerprint density at radius 1 is 0.898 bits per heavy atom. The molecule has 0 aliphatic carbocycles. The van der Waals surface area contributed by atoms with Gasteiger partial charge in [-0.15, -0.1) is 0 Å². The molecule has 49 heavy (non-hydrogen) atoms. The van der Waals surface area contributed by atoms with E-state index < -0.39 is 10.0 Å². The minimum Gasteiger partial charge on any atom is -0.395 e. The number of rotatable bonds is 9. The second kappa shape index (κ2) is 13.9. The van der Waals surface area contributed by atoms with Gasteiger partial charge in [-0.1, -0.05) is 42.0 Å². The van der Waals surface area contributed by atoms with Crippen LogP contribution in [0.3, 0.4) is 0 Å². The molecule has 13 heteroatoms. The van der Waals surface area contributed by atoms with Gasteiger partial charge in [-0.3, -0.25) is 4.90 Å². The highest BCUT2D eigenvalue weighted by molar-refractivity contribution is 7.90. The van der Waals surface area contributed by atoms with Crippen LogP contribution in [0.2, 0.25) is 0 Å². The Kier molecular flexibility index (Phi) is 9.21. The van der Waals surface area contributed by atoms with E-state index in [-0.39, 0.29) is 23.6 Å². The molecule has 0 radical (unpaired) electrons. The molecule has 1 unspecified atom stereocenters. The highest BCUT2D eigenvalue weighted by atomic mass is 32.2. The number of aliphatic hydroxyl groups excluding tert-OH is 1. The maximum atomic E-state index is 13.6. The largest absolute Gasteiger partial charge is 0.395 e. The topological polar surface area (TPSA) is 136 Å². The summed E-state index contributed by atoms with van der Waals surface area (Å²) < 4.78 is 28.3. The predicted molar refractivity (Wildman–Crippen MR) is 192 cm³/mol. The number of amides is 2. The number of nitrogens with zero attached hydrogens (tertiary/aromatic N) is 6. The van der Waals surface area contributed by atoms with E-state index in [1.165, 1.54) is 16.5 Å². The van der Waals surface area contributed by atoms with E-state index in [9.17, 15) is 18.3 Å². The SMILES string of the molecule is Cc1ccc(S(=O)(=O)n2ccc3c(N4CCN(CCO)C(c5cccc(NC(=O)Nc6ccccc6N6CCCC6)c5)C4)ncnc32)cc1. The van der Waals surface area contributed by atoms with Crippen LogP contribution in [-0.2, 0) is 10.0 Å². The Morgan fingerprint density at radius 3 is 2.49 bits per heavy atom. The molecule has 3 aromatic carbocycles. The number of β-amino-alcohol motifs (C(OH)–C–C–N with tert-alkyl or cyclic N) is 1. The van der Waals surface area contributed by atoms with Crippen molar-refractivity contribution in [3.63, 3.8) is 0 Å². The number of carbonyl (C=O) groups is 1. The quantitative estimate of drug-likeness (QED) is 0.195. The molecule has 7 rings (SSSR count). The van der Waals surface area contributed by atoms with Gasteiger partial charge in [0, 0.05) is 51.2 Å². The fourth-order valence-corrected chi connectivity index (χ4v) is 8.13. The van der Waals surface area contributed by atoms with Crippen molar-refractivity contribution in [2.45, 2.75) is 30.7 Å². The number of urea groups is 1. The Morgan fingerprint density at radius 2 is 1.69 bits per heavy atom. The zero-order valence-corrected chi connectivity index (χ0v) is 28.2. The molecule has 1 atom stereocenters. The molecule has 2 fully saturated rings. The predicted octanol–water partition coefficient (Wildman–Crippen LogP) is 5.08. The Hall–Kier alpha value is -4.98. The van der Waals surface area contributed by atoms with Gasteiger partial charge in [-0.2, -0.15) is 0 Å². The number of carbonyl (C=O) groups excluding carboxylic acids is 1.